The number of fused-ring (bicyclic) bond motifs is 1. The van der Waals surface area contributed by atoms with E-state index in [2.05, 4.69) is 6.07 Å². The van der Waals surface area contributed by atoms with Gasteiger partial charge in [-0.15, -0.1) is 0 Å². The molecule has 1 aliphatic heterocycles. The molecule has 5 nitrogen and oxygen atoms in total. The number of halogens is 2. The van der Waals surface area contributed by atoms with E-state index in [1.807, 2.05) is 0 Å². The van der Waals surface area contributed by atoms with Gasteiger partial charge in [0.2, 0.25) is 5.88 Å². The minimum Gasteiger partial charge on any atom is -0.508 e. The van der Waals surface area contributed by atoms with E-state index in [0.29, 0.717) is 22.1 Å². The molecular weight excluding hydrogens is 407 g/mol. The van der Waals surface area contributed by atoms with Crippen LogP contribution in [0, 0.1) is 17.1 Å². The maximum atomic E-state index is 13.0. The number of allylic oxidation sites excluding steroid dienone is 1. The Morgan fingerprint density at radius 1 is 1.13 bits per heavy atom. The second-order valence-electron chi connectivity index (χ2n) is 6.75. The van der Waals surface area contributed by atoms with E-state index >= 15 is 0 Å². The Hall–Kier alpha value is -3.69. The summed E-state index contributed by atoms with van der Waals surface area (Å²) in [6.07, 6.45) is 0. The Morgan fingerprint density at radius 2 is 1.90 bits per heavy atom. The molecule has 0 aromatic heterocycles. The van der Waals surface area contributed by atoms with Gasteiger partial charge in [0.15, 0.2) is 0 Å². The Kier molecular flexibility index (Phi) is 5.21. The number of nitrogens with zero attached hydrogens (tertiary/aromatic N) is 1. The average Bonchev–Trinajstić information content (AvgIpc) is 2.73. The maximum Gasteiger partial charge on any atom is 0.205 e. The van der Waals surface area contributed by atoms with Crippen LogP contribution in [-0.2, 0) is 6.61 Å². The molecule has 4 rings (SSSR count). The third-order valence-corrected chi connectivity index (χ3v) is 5.09. The highest BCUT2D eigenvalue weighted by atomic mass is 35.5. The van der Waals surface area contributed by atoms with Crippen LogP contribution >= 0.6 is 11.6 Å². The second-order valence-corrected chi connectivity index (χ2v) is 7.16. The van der Waals surface area contributed by atoms with Gasteiger partial charge in [-0.25, -0.2) is 4.39 Å². The first-order chi connectivity index (χ1) is 14.5. The Labute approximate surface area is 177 Å². The molecule has 0 amide bonds. The zero-order valence-corrected chi connectivity index (χ0v) is 16.4. The van der Waals surface area contributed by atoms with Crippen molar-refractivity contribution in [2.45, 2.75) is 12.5 Å². The monoisotopic (exact) mass is 422 g/mol. The third-order valence-electron chi connectivity index (χ3n) is 4.80. The van der Waals surface area contributed by atoms with Crippen LogP contribution in [0.15, 0.2) is 72.1 Å². The topological polar surface area (TPSA) is 88.5 Å². The molecule has 1 aliphatic rings. The molecule has 0 unspecified atom stereocenters. The van der Waals surface area contributed by atoms with Crippen LogP contribution < -0.4 is 15.2 Å². The molecule has 0 saturated carbocycles. The third kappa shape index (κ3) is 3.76. The molecule has 0 bridgehead atoms. The molecule has 1 heterocycles. The predicted molar refractivity (Wildman–Crippen MR) is 110 cm³/mol. The van der Waals surface area contributed by atoms with Crippen LogP contribution in [0.5, 0.6) is 17.2 Å². The largest absolute Gasteiger partial charge is 0.508 e. The number of rotatable bonds is 4. The SMILES string of the molecule is N#CC1=C(N)Oc2cc(O)ccc2[C@H]1c1ccc(OCc2ccc(F)cc2)c(Cl)c1. The summed E-state index contributed by atoms with van der Waals surface area (Å²) in [4.78, 5) is 0. The van der Waals surface area contributed by atoms with E-state index in [9.17, 15) is 14.8 Å². The van der Waals surface area contributed by atoms with Gasteiger partial charge in [0.05, 0.1) is 10.9 Å². The lowest BCUT2D eigenvalue weighted by Gasteiger charge is -2.26. The molecule has 150 valence electrons. The lowest BCUT2D eigenvalue weighted by molar-refractivity contribution is 0.306. The molecule has 0 spiro atoms. The van der Waals surface area contributed by atoms with Gasteiger partial charge in [-0.3, -0.25) is 0 Å². The van der Waals surface area contributed by atoms with Crippen molar-refractivity contribution in [1.29, 1.82) is 5.26 Å². The number of ether oxygens (including phenoxy) is 2. The van der Waals surface area contributed by atoms with Crippen molar-refractivity contribution in [2.24, 2.45) is 5.73 Å². The smallest absolute Gasteiger partial charge is 0.205 e. The molecular formula is C23H16ClFN2O3. The van der Waals surface area contributed by atoms with Crippen molar-refractivity contribution in [3.05, 3.63) is 99.7 Å². The highest BCUT2D eigenvalue weighted by Crippen LogP contribution is 2.44. The van der Waals surface area contributed by atoms with Crippen LogP contribution in [0.4, 0.5) is 4.39 Å². The highest BCUT2D eigenvalue weighted by molar-refractivity contribution is 6.32. The number of hydrogen-bond acceptors (Lipinski definition) is 5. The maximum absolute atomic E-state index is 13.0. The van der Waals surface area contributed by atoms with Gasteiger partial charge in [-0.05, 0) is 41.5 Å². The standard InChI is InChI=1S/C23H16ClFN2O3/c24-19-9-14(3-8-20(19)29-12-13-1-4-15(25)5-2-13)22-17-7-6-16(28)10-21(17)30-23(27)18(22)11-26/h1-10,22,28H,12,27H2/t22-/m1/s1. The molecule has 3 aromatic rings. The first-order valence-corrected chi connectivity index (χ1v) is 9.41. The fraction of sp³-hybridized carbons (Fsp3) is 0.0870. The second kappa shape index (κ2) is 7.97. The molecule has 30 heavy (non-hydrogen) atoms. The van der Waals surface area contributed by atoms with Gasteiger partial charge < -0.3 is 20.3 Å². The lowest BCUT2D eigenvalue weighted by atomic mass is 9.83. The summed E-state index contributed by atoms with van der Waals surface area (Å²) in [5, 5.41) is 19.7. The van der Waals surface area contributed by atoms with Crippen LogP contribution in [0.2, 0.25) is 5.02 Å². The van der Waals surface area contributed by atoms with E-state index in [0.717, 1.165) is 11.1 Å². The van der Waals surface area contributed by atoms with Gasteiger partial charge in [-0.2, -0.15) is 5.26 Å². The van der Waals surface area contributed by atoms with Crippen molar-refractivity contribution < 1.29 is 19.0 Å². The van der Waals surface area contributed by atoms with E-state index in [1.165, 1.54) is 24.3 Å². The van der Waals surface area contributed by atoms with Gasteiger partial charge in [0.25, 0.3) is 0 Å². The summed E-state index contributed by atoms with van der Waals surface area (Å²) in [5.41, 5.74) is 8.41. The quantitative estimate of drug-likeness (QED) is 0.618. The number of nitrogens with two attached hydrogens (primary N) is 1. The Balaban J connectivity index is 1.65. The van der Waals surface area contributed by atoms with Crippen molar-refractivity contribution in [2.75, 3.05) is 0 Å². The number of phenolic OH excluding ortho intramolecular Hbond substituents is 1. The summed E-state index contributed by atoms with van der Waals surface area (Å²) in [6, 6.07) is 18.0. The van der Waals surface area contributed by atoms with E-state index < -0.39 is 5.92 Å². The zero-order valence-electron chi connectivity index (χ0n) is 15.6. The molecule has 0 saturated heterocycles. The zero-order chi connectivity index (χ0) is 21.3. The summed E-state index contributed by atoms with van der Waals surface area (Å²) in [6.45, 7) is 0.231. The number of nitriles is 1. The first-order valence-electron chi connectivity index (χ1n) is 9.03. The van der Waals surface area contributed by atoms with E-state index in [1.54, 1.807) is 36.4 Å². The van der Waals surface area contributed by atoms with Gasteiger partial charge in [-0.1, -0.05) is 35.9 Å². The van der Waals surface area contributed by atoms with Crippen molar-refractivity contribution in [3.8, 4) is 23.3 Å². The summed E-state index contributed by atoms with van der Waals surface area (Å²) in [5.74, 6) is 0.0360. The predicted octanol–water partition coefficient (Wildman–Crippen LogP) is 4.98. The summed E-state index contributed by atoms with van der Waals surface area (Å²) < 4.78 is 24.3. The summed E-state index contributed by atoms with van der Waals surface area (Å²) in [7, 11) is 0. The van der Waals surface area contributed by atoms with E-state index in [4.69, 9.17) is 26.8 Å². The van der Waals surface area contributed by atoms with E-state index in [-0.39, 0.29) is 29.6 Å². The molecule has 0 aliphatic carbocycles. The summed E-state index contributed by atoms with van der Waals surface area (Å²) >= 11 is 6.43. The number of aromatic hydroxyl groups is 1. The fourth-order valence-electron chi connectivity index (χ4n) is 3.34. The van der Waals surface area contributed by atoms with Crippen molar-refractivity contribution >= 4 is 11.6 Å². The average molecular weight is 423 g/mol. The molecule has 0 radical (unpaired) electrons. The number of hydrogen-bond donors (Lipinski definition) is 2. The van der Waals surface area contributed by atoms with Crippen LogP contribution in [0.1, 0.15) is 22.6 Å². The molecule has 3 aromatic carbocycles. The highest BCUT2D eigenvalue weighted by Gasteiger charge is 2.31. The first kappa shape index (κ1) is 19.6. The fourth-order valence-corrected chi connectivity index (χ4v) is 3.59. The molecule has 1 atom stereocenters. The van der Waals surface area contributed by atoms with Crippen LogP contribution in [0.3, 0.4) is 0 Å². The lowest BCUT2D eigenvalue weighted by Crippen LogP contribution is -2.21. The Bertz CT molecular complexity index is 1190. The minimum atomic E-state index is -0.497. The van der Waals surface area contributed by atoms with Gasteiger partial charge in [0, 0.05) is 11.6 Å². The van der Waals surface area contributed by atoms with Crippen LogP contribution in [-0.4, -0.2) is 5.11 Å². The number of benzene rings is 3. The van der Waals surface area contributed by atoms with Crippen LogP contribution in [0.25, 0.3) is 0 Å². The Morgan fingerprint density at radius 3 is 2.60 bits per heavy atom. The van der Waals surface area contributed by atoms with Crippen molar-refractivity contribution in [3.63, 3.8) is 0 Å². The van der Waals surface area contributed by atoms with Gasteiger partial charge >= 0.3 is 0 Å². The molecule has 7 heteroatoms. The normalized spacial score (nSPS) is 15.2. The van der Waals surface area contributed by atoms with Gasteiger partial charge in [0.1, 0.15) is 41.3 Å². The molecule has 0 fully saturated rings. The number of phenols is 1. The molecule has 3 N–H and O–H groups in total. The minimum absolute atomic E-state index is 0.0200. The van der Waals surface area contributed by atoms with Crippen molar-refractivity contribution in [1.82, 2.24) is 0 Å².